The molecule has 66 valence electrons. The standard InChI is InChI=1S/C5H3ClFNO3S/c6-12(10,11)5-4(7)3(9)1-2-8-5/h1-2H,(H,8,9). The molecule has 0 saturated heterocycles. The van der Waals surface area contributed by atoms with Crippen molar-refractivity contribution in [2.75, 3.05) is 0 Å². The summed E-state index contributed by atoms with van der Waals surface area (Å²) >= 11 is 0. The van der Waals surface area contributed by atoms with Crippen LogP contribution in [0.1, 0.15) is 0 Å². The van der Waals surface area contributed by atoms with Crippen LogP contribution < -0.4 is 5.43 Å². The molecule has 0 amide bonds. The third kappa shape index (κ3) is 1.64. The zero-order valence-corrected chi connectivity index (χ0v) is 7.12. The molecular weight excluding hydrogens is 209 g/mol. The first-order chi connectivity index (χ1) is 5.43. The van der Waals surface area contributed by atoms with Gasteiger partial charge in [0.1, 0.15) is 0 Å². The quantitative estimate of drug-likeness (QED) is 0.686. The van der Waals surface area contributed by atoms with Gasteiger partial charge in [-0.3, -0.25) is 4.79 Å². The molecule has 0 fully saturated rings. The normalized spacial score (nSPS) is 11.5. The van der Waals surface area contributed by atoms with Crippen molar-refractivity contribution in [3.8, 4) is 0 Å². The molecule has 0 bridgehead atoms. The van der Waals surface area contributed by atoms with E-state index >= 15 is 0 Å². The SMILES string of the molecule is O=c1cc[nH]c(S(=O)(=O)Cl)c1F. The third-order valence-corrected chi connectivity index (χ3v) is 2.36. The van der Waals surface area contributed by atoms with Crippen LogP contribution in [0.5, 0.6) is 0 Å². The van der Waals surface area contributed by atoms with Crippen LogP contribution >= 0.6 is 10.7 Å². The van der Waals surface area contributed by atoms with E-state index in [0.717, 1.165) is 12.3 Å². The van der Waals surface area contributed by atoms with Crippen molar-refractivity contribution < 1.29 is 12.8 Å². The molecule has 1 N–H and O–H groups in total. The first-order valence-electron chi connectivity index (χ1n) is 2.75. The van der Waals surface area contributed by atoms with E-state index in [1.807, 2.05) is 4.98 Å². The van der Waals surface area contributed by atoms with Gasteiger partial charge >= 0.3 is 0 Å². The second-order valence-corrected chi connectivity index (χ2v) is 4.43. The van der Waals surface area contributed by atoms with E-state index < -0.39 is 25.3 Å². The van der Waals surface area contributed by atoms with Gasteiger partial charge in [-0.2, -0.15) is 4.39 Å². The lowest BCUT2D eigenvalue weighted by molar-refractivity contribution is 0.554. The van der Waals surface area contributed by atoms with Gasteiger partial charge in [-0.25, -0.2) is 8.42 Å². The summed E-state index contributed by atoms with van der Waals surface area (Å²) < 4.78 is 33.8. The van der Waals surface area contributed by atoms with Crippen LogP contribution in [0, 0.1) is 5.82 Å². The van der Waals surface area contributed by atoms with Gasteiger partial charge in [0.2, 0.25) is 11.2 Å². The maximum absolute atomic E-state index is 12.7. The number of H-pyrrole nitrogens is 1. The minimum atomic E-state index is -4.21. The number of hydrogen-bond acceptors (Lipinski definition) is 3. The maximum atomic E-state index is 12.7. The summed E-state index contributed by atoms with van der Waals surface area (Å²) in [5.74, 6) is -1.40. The first-order valence-corrected chi connectivity index (χ1v) is 5.05. The Bertz CT molecular complexity index is 452. The average Bonchev–Trinajstić information content (AvgIpc) is 1.92. The highest BCUT2D eigenvalue weighted by molar-refractivity contribution is 8.13. The highest BCUT2D eigenvalue weighted by atomic mass is 35.7. The Balaban J connectivity index is 3.58. The summed E-state index contributed by atoms with van der Waals surface area (Å²) in [4.78, 5) is 12.6. The van der Waals surface area contributed by atoms with Crippen LogP contribution in [0.4, 0.5) is 4.39 Å². The molecule has 0 atom stereocenters. The molecule has 0 saturated carbocycles. The molecule has 1 rings (SSSR count). The van der Waals surface area contributed by atoms with Crippen molar-refractivity contribution >= 4 is 19.7 Å². The number of rotatable bonds is 1. The highest BCUT2D eigenvalue weighted by Crippen LogP contribution is 2.11. The van der Waals surface area contributed by atoms with Crippen LogP contribution in [0.25, 0.3) is 0 Å². The Morgan fingerprint density at radius 2 is 2.08 bits per heavy atom. The summed E-state index contributed by atoms with van der Waals surface area (Å²) in [6.07, 6.45) is 1.00. The Hall–Kier alpha value is -0.880. The minimum Gasteiger partial charge on any atom is -0.349 e. The Morgan fingerprint density at radius 3 is 2.50 bits per heavy atom. The monoisotopic (exact) mass is 211 g/mol. The zero-order valence-electron chi connectivity index (χ0n) is 5.54. The van der Waals surface area contributed by atoms with E-state index in [1.54, 1.807) is 0 Å². The van der Waals surface area contributed by atoms with Crippen LogP contribution in [0.3, 0.4) is 0 Å². The van der Waals surface area contributed by atoms with Gasteiger partial charge in [-0.05, 0) is 0 Å². The van der Waals surface area contributed by atoms with Crippen molar-refractivity contribution in [1.29, 1.82) is 0 Å². The summed E-state index contributed by atoms with van der Waals surface area (Å²) in [6, 6.07) is 0.862. The molecule has 0 unspecified atom stereocenters. The van der Waals surface area contributed by atoms with E-state index in [4.69, 9.17) is 10.7 Å². The first kappa shape index (κ1) is 9.21. The van der Waals surface area contributed by atoms with E-state index in [1.165, 1.54) is 0 Å². The number of pyridine rings is 1. The Kier molecular flexibility index (Phi) is 2.20. The van der Waals surface area contributed by atoms with Gasteiger partial charge in [-0.15, -0.1) is 0 Å². The smallest absolute Gasteiger partial charge is 0.279 e. The molecule has 4 nitrogen and oxygen atoms in total. The Labute approximate surface area is 71.4 Å². The topological polar surface area (TPSA) is 67.0 Å². The lowest BCUT2D eigenvalue weighted by atomic mass is 10.5. The van der Waals surface area contributed by atoms with E-state index in [-0.39, 0.29) is 0 Å². The van der Waals surface area contributed by atoms with E-state index in [0.29, 0.717) is 0 Å². The molecule has 0 radical (unpaired) electrons. The van der Waals surface area contributed by atoms with Crippen LogP contribution in [-0.4, -0.2) is 13.4 Å². The van der Waals surface area contributed by atoms with Crippen molar-refractivity contribution in [1.82, 2.24) is 4.98 Å². The minimum absolute atomic E-state index is 0.862. The molecule has 1 aromatic rings. The Morgan fingerprint density at radius 1 is 1.50 bits per heavy atom. The number of hydrogen-bond donors (Lipinski definition) is 1. The van der Waals surface area contributed by atoms with Crippen LogP contribution in [0.15, 0.2) is 22.1 Å². The molecule has 0 aliphatic carbocycles. The number of halogens is 2. The van der Waals surface area contributed by atoms with Crippen LogP contribution in [0.2, 0.25) is 0 Å². The summed E-state index contributed by atoms with van der Waals surface area (Å²) in [7, 11) is 0.584. The fourth-order valence-corrected chi connectivity index (χ4v) is 1.48. The highest BCUT2D eigenvalue weighted by Gasteiger charge is 2.18. The fourth-order valence-electron chi connectivity index (χ4n) is 0.619. The molecule has 0 aliphatic heterocycles. The van der Waals surface area contributed by atoms with Crippen molar-refractivity contribution in [3.05, 3.63) is 28.3 Å². The largest absolute Gasteiger partial charge is 0.349 e. The van der Waals surface area contributed by atoms with E-state index in [2.05, 4.69) is 0 Å². The molecule has 1 heterocycles. The predicted molar refractivity (Wildman–Crippen MR) is 40.1 cm³/mol. The van der Waals surface area contributed by atoms with Gasteiger partial charge < -0.3 is 4.98 Å². The lowest BCUT2D eigenvalue weighted by Crippen LogP contribution is -2.11. The maximum Gasteiger partial charge on any atom is 0.279 e. The van der Waals surface area contributed by atoms with Gasteiger partial charge in [0.15, 0.2) is 5.03 Å². The predicted octanol–water partition coefficient (Wildman–Crippen LogP) is 0.441. The van der Waals surface area contributed by atoms with Crippen molar-refractivity contribution in [2.45, 2.75) is 5.03 Å². The summed E-state index contributed by atoms with van der Waals surface area (Å²) in [6.45, 7) is 0. The zero-order chi connectivity index (χ0) is 9.35. The molecule has 1 aromatic heterocycles. The molecule has 7 heteroatoms. The van der Waals surface area contributed by atoms with Crippen molar-refractivity contribution in [2.24, 2.45) is 0 Å². The number of nitrogens with one attached hydrogen (secondary N) is 1. The average molecular weight is 212 g/mol. The second kappa shape index (κ2) is 2.87. The van der Waals surface area contributed by atoms with E-state index in [9.17, 15) is 17.6 Å². The summed E-state index contributed by atoms with van der Waals surface area (Å²) in [5, 5.41) is -0.906. The number of aromatic amines is 1. The lowest BCUT2D eigenvalue weighted by Gasteiger charge is -1.95. The third-order valence-electron chi connectivity index (χ3n) is 1.11. The second-order valence-electron chi connectivity index (χ2n) is 1.92. The molecule has 12 heavy (non-hydrogen) atoms. The summed E-state index contributed by atoms with van der Waals surface area (Å²) in [5.41, 5.74) is -1.02. The molecule has 0 spiro atoms. The molecular formula is C5H3ClFNO3S. The van der Waals surface area contributed by atoms with Crippen LogP contribution in [-0.2, 0) is 9.05 Å². The van der Waals surface area contributed by atoms with Gasteiger partial charge in [0, 0.05) is 22.9 Å². The number of aromatic nitrogens is 1. The van der Waals surface area contributed by atoms with Crippen molar-refractivity contribution in [3.63, 3.8) is 0 Å². The fraction of sp³-hybridized carbons (Fsp3) is 0. The molecule has 0 aromatic carbocycles. The molecule has 0 aliphatic rings. The van der Waals surface area contributed by atoms with Gasteiger partial charge in [0.05, 0.1) is 0 Å². The van der Waals surface area contributed by atoms with Gasteiger partial charge in [0.25, 0.3) is 9.05 Å². The van der Waals surface area contributed by atoms with Gasteiger partial charge in [-0.1, -0.05) is 0 Å².